The zero-order valence-corrected chi connectivity index (χ0v) is 12.6. The number of unbranched alkanes of at least 4 members (excludes halogenated alkanes) is 5. The summed E-state index contributed by atoms with van der Waals surface area (Å²) < 4.78 is 5.30. The molecule has 20 heavy (non-hydrogen) atoms. The quantitative estimate of drug-likeness (QED) is 0.643. The summed E-state index contributed by atoms with van der Waals surface area (Å²) in [6.45, 7) is 3.77. The van der Waals surface area contributed by atoms with Crippen LogP contribution in [0.1, 0.15) is 57.9 Å². The summed E-state index contributed by atoms with van der Waals surface area (Å²) in [6, 6.07) is 7.75. The molecule has 0 spiro atoms. The van der Waals surface area contributed by atoms with Crippen LogP contribution in [0.4, 0.5) is 0 Å². The number of rotatable bonds is 10. The standard InChI is InChI=1S/C17H26O3/c1-3-4-5-6-7-8-9-15-10-12-16(13-11-15)20-14(2)17(18)19/h10-14H,3-9H2,1-2H3,(H,18,19). The minimum absolute atomic E-state index is 0.617. The highest BCUT2D eigenvalue weighted by molar-refractivity contribution is 5.72. The lowest BCUT2D eigenvalue weighted by Crippen LogP contribution is -2.22. The molecular formula is C17H26O3. The van der Waals surface area contributed by atoms with Crippen LogP contribution in [0, 0.1) is 0 Å². The third kappa shape index (κ3) is 6.60. The number of aryl methyl sites for hydroxylation is 1. The highest BCUT2D eigenvalue weighted by Gasteiger charge is 2.11. The van der Waals surface area contributed by atoms with Gasteiger partial charge in [0.1, 0.15) is 5.75 Å². The summed E-state index contributed by atoms with van der Waals surface area (Å²) in [7, 11) is 0. The van der Waals surface area contributed by atoms with Crippen molar-refractivity contribution in [3.63, 3.8) is 0 Å². The Kier molecular flexibility index (Phi) is 7.78. The molecule has 0 aromatic heterocycles. The lowest BCUT2D eigenvalue weighted by atomic mass is 10.0. The molecule has 0 fully saturated rings. The van der Waals surface area contributed by atoms with Crippen molar-refractivity contribution in [3.8, 4) is 5.75 Å². The summed E-state index contributed by atoms with van der Waals surface area (Å²) in [4.78, 5) is 10.7. The van der Waals surface area contributed by atoms with Gasteiger partial charge in [-0.3, -0.25) is 0 Å². The van der Waals surface area contributed by atoms with E-state index in [1.54, 1.807) is 0 Å². The Hall–Kier alpha value is -1.51. The number of carboxylic acid groups (broad SMARTS) is 1. The van der Waals surface area contributed by atoms with Crippen LogP contribution in [-0.4, -0.2) is 17.2 Å². The van der Waals surface area contributed by atoms with Gasteiger partial charge in [-0.05, 0) is 37.5 Å². The molecule has 0 radical (unpaired) electrons. The van der Waals surface area contributed by atoms with Crippen LogP contribution in [0.3, 0.4) is 0 Å². The van der Waals surface area contributed by atoms with Gasteiger partial charge in [0.05, 0.1) is 0 Å². The molecule has 1 atom stereocenters. The van der Waals surface area contributed by atoms with Crippen LogP contribution in [0.25, 0.3) is 0 Å². The predicted molar refractivity (Wildman–Crippen MR) is 81.2 cm³/mol. The van der Waals surface area contributed by atoms with E-state index in [-0.39, 0.29) is 0 Å². The molecule has 3 nitrogen and oxygen atoms in total. The van der Waals surface area contributed by atoms with E-state index in [1.807, 2.05) is 24.3 Å². The second kappa shape index (κ2) is 9.40. The summed E-state index contributed by atoms with van der Waals surface area (Å²) in [5, 5.41) is 8.78. The predicted octanol–water partition coefficient (Wildman–Crippen LogP) is 4.44. The Labute approximate surface area is 122 Å². The number of aliphatic carboxylic acids is 1. The van der Waals surface area contributed by atoms with Crippen LogP contribution < -0.4 is 4.74 Å². The molecule has 1 N–H and O–H groups in total. The van der Waals surface area contributed by atoms with E-state index >= 15 is 0 Å². The van der Waals surface area contributed by atoms with E-state index in [4.69, 9.17) is 9.84 Å². The Morgan fingerprint density at radius 3 is 2.30 bits per heavy atom. The van der Waals surface area contributed by atoms with Gasteiger partial charge in [0.15, 0.2) is 6.10 Å². The van der Waals surface area contributed by atoms with Gasteiger partial charge in [-0.15, -0.1) is 0 Å². The van der Waals surface area contributed by atoms with Gasteiger partial charge >= 0.3 is 5.97 Å². The summed E-state index contributed by atoms with van der Waals surface area (Å²) >= 11 is 0. The van der Waals surface area contributed by atoms with Crippen LogP contribution >= 0.6 is 0 Å². The number of hydrogen-bond donors (Lipinski definition) is 1. The van der Waals surface area contributed by atoms with Crippen molar-refractivity contribution in [1.82, 2.24) is 0 Å². The fourth-order valence-electron chi connectivity index (χ4n) is 2.10. The van der Waals surface area contributed by atoms with Gasteiger partial charge < -0.3 is 9.84 Å². The second-order valence-electron chi connectivity index (χ2n) is 5.26. The summed E-state index contributed by atoms with van der Waals surface area (Å²) in [5.41, 5.74) is 1.29. The van der Waals surface area contributed by atoms with Gasteiger partial charge in [-0.1, -0.05) is 51.2 Å². The smallest absolute Gasteiger partial charge is 0.344 e. The fourth-order valence-corrected chi connectivity index (χ4v) is 2.10. The van der Waals surface area contributed by atoms with E-state index in [1.165, 1.54) is 51.0 Å². The van der Waals surface area contributed by atoms with Crippen molar-refractivity contribution in [1.29, 1.82) is 0 Å². The molecule has 112 valence electrons. The topological polar surface area (TPSA) is 46.5 Å². The number of carbonyl (C=O) groups is 1. The van der Waals surface area contributed by atoms with E-state index in [2.05, 4.69) is 6.92 Å². The molecule has 0 aliphatic heterocycles. The van der Waals surface area contributed by atoms with E-state index in [0.29, 0.717) is 5.75 Å². The Morgan fingerprint density at radius 2 is 1.70 bits per heavy atom. The molecule has 0 heterocycles. The van der Waals surface area contributed by atoms with Crippen LogP contribution in [0.5, 0.6) is 5.75 Å². The van der Waals surface area contributed by atoms with Gasteiger partial charge in [0, 0.05) is 0 Å². The molecule has 0 amide bonds. The number of benzene rings is 1. The Bertz CT molecular complexity index is 384. The molecule has 3 heteroatoms. The summed E-state index contributed by atoms with van der Waals surface area (Å²) in [5.74, 6) is -0.326. The van der Waals surface area contributed by atoms with Crippen molar-refractivity contribution in [2.24, 2.45) is 0 Å². The lowest BCUT2D eigenvalue weighted by molar-refractivity contribution is -0.144. The molecule has 1 aromatic rings. The maximum Gasteiger partial charge on any atom is 0.344 e. The third-order valence-electron chi connectivity index (χ3n) is 3.40. The Morgan fingerprint density at radius 1 is 1.10 bits per heavy atom. The third-order valence-corrected chi connectivity index (χ3v) is 3.40. The first-order valence-corrected chi connectivity index (χ1v) is 7.62. The first kappa shape index (κ1) is 16.5. The van der Waals surface area contributed by atoms with Crippen LogP contribution in [0.15, 0.2) is 24.3 Å². The van der Waals surface area contributed by atoms with Gasteiger partial charge in [-0.2, -0.15) is 0 Å². The van der Waals surface area contributed by atoms with Gasteiger partial charge in [0.2, 0.25) is 0 Å². The van der Waals surface area contributed by atoms with E-state index in [0.717, 1.165) is 6.42 Å². The first-order valence-electron chi connectivity index (χ1n) is 7.62. The SMILES string of the molecule is CCCCCCCCc1ccc(OC(C)C(=O)O)cc1. The summed E-state index contributed by atoms with van der Waals surface area (Å²) in [6.07, 6.45) is 8.08. The molecule has 1 aromatic carbocycles. The average molecular weight is 278 g/mol. The number of ether oxygens (including phenoxy) is 1. The first-order chi connectivity index (χ1) is 9.63. The maximum absolute atomic E-state index is 10.7. The number of hydrogen-bond acceptors (Lipinski definition) is 2. The largest absolute Gasteiger partial charge is 0.479 e. The average Bonchev–Trinajstić information content (AvgIpc) is 2.44. The van der Waals surface area contributed by atoms with Crippen molar-refractivity contribution < 1.29 is 14.6 Å². The molecule has 1 unspecified atom stereocenters. The lowest BCUT2D eigenvalue weighted by Gasteiger charge is -2.10. The molecular weight excluding hydrogens is 252 g/mol. The molecule has 0 bridgehead atoms. The highest BCUT2D eigenvalue weighted by atomic mass is 16.5. The van der Waals surface area contributed by atoms with E-state index < -0.39 is 12.1 Å². The maximum atomic E-state index is 10.7. The molecule has 0 saturated heterocycles. The molecule has 0 aliphatic carbocycles. The van der Waals surface area contributed by atoms with Gasteiger partial charge in [0.25, 0.3) is 0 Å². The zero-order chi connectivity index (χ0) is 14.8. The zero-order valence-electron chi connectivity index (χ0n) is 12.6. The minimum atomic E-state index is -0.943. The monoisotopic (exact) mass is 278 g/mol. The normalized spacial score (nSPS) is 12.1. The van der Waals surface area contributed by atoms with Crippen molar-refractivity contribution >= 4 is 5.97 Å². The van der Waals surface area contributed by atoms with Crippen molar-refractivity contribution in [2.75, 3.05) is 0 Å². The molecule has 0 aliphatic rings. The van der Waals surface area contributed by atoms with Crippen molar-refractivity contribution in [3.05, 3.63) is 29.8 Å². The van der Waals surface area contributed by atoms with Crippen LogP contribution in [-0.2, 0) is 11.2 Å². The minimum Gasteiger partial charge on any atom is -0.479 e. The molecule has 1 rings (SSSR count). The fraction of sp³-hybridized carbons (Fsp3) is 0.588. The molecule has 0 saturated carbocycles. The number of carboxylic acids is 1. The van der Waals surface area contributed by atoms with Gasteiger partial charge in [-0.25, -0.2) is 4.79 Å². The van der Waals surface area contributed by atoms with E-state index in [9.17, 15) is 4.79 Å². The Balaban J connectivity index is 2.26. The highest BCUT2D eigenvalue weighted by Crippen LogP contribution is 2.16. The van der Waals surface area contributed by atoms with Crippen LogP contribution in [0.2, 0.25) is 0 Å². The van der Waals surface area contributed by atoms with Crippen molar-refractivity contribution in [2.45, 2.75) is 64.9 Å². The second-order valence-corrected chi connectivity index (χ2v) is 5.26.